The Morgan fingerprint density at radius 1 is 1.08 bits per heavy atom. The summed E-state index contributed by atoms with van der Waals surface area (Å²) in [6.45, 7) is 0.344. The second-order valence-corrected chi connectivity index (χ2v) is 5.67. The molecular formula is C17H16N6O2. The normalized spacial score (nSPS) is 11.2. The van der Waals surface area contributed by atoms with E-state index in [-0.39, 0.29) is 18.1 Å². The average molecular weight is 336 g/mol. The minimum absolute atomic E-state index is 0.105. The summed E-state index contributed by atoms with van der Waals surface area (Å²) in [5.41, 5.74) is 1.97. The highest BCUT2D eigenvalue weighted by Gasteiger charge is 2.10. The molecule has 0 bridgehead atoms. The Morgan fingerprint density at radius 3 is 2.68 bits per heavy atom. The molecule has 0 spiro atoms. The topological polar surface area (TPSA) is 85.7 Å². The van der Waals surface area contributed by atoms with Crippen LogP contribution in [-0.2, 0) is 17.8 Å². The molecular weight excluding hydrogens is 320 g/mol. The third kappa shape index (κ3) is 3.01. The van der Waals surface area contributed by atoms with Crippen molar-refractivity contribution >= 4 is 17.2 Å². The van der Waals surface area contributed by atoms with Gasteiger partial charge in [-0.1, -0.05) is 12.1 Å². The fourth-order valence-electron chi connectivity index (χ4n) is 2.70. The molecule has 0 aliphatic carbocycles. The fraction of sp³-hybridized carbons (Fsp3) is 0.176. The summed E-state index contributed by atoms with van der Waals surface area (Å²) in [6, 6.07) is 11.1. The molecule has 0 radical (unpaired) electrons. The van der Waals surface area contributed by atoms with Crippen LogP contribution in [0.5, 0.6) is 0 Å². The van der Waals surface area contributed by atoms with Gasteiger partial charge in [0.2, 0.25) is 5.91 Å². The predicted octanol–water partition coefficient (Wildman–Crippen LogP) is 0.503. The highest BCUT2D eigenvalue weighted by Crippen LogP contribution is 2.04. The SMILES string of the molecule is O=C(Cn1nc2ccccn2c1=O)NCCc1cn2ccccc2n1. The number of imidazole rings is 1. The van der Waals surface area contributed by atoms with E-state index in [9.17, 15) is 9.59 Å². The van der Waals surface area contributed by atoms with Gasteiger partial charge in [-0.25, -0.2) is 14.5 Å². The number of nitrogens with zero attached hydrogens (tertiary/aromatic N) is 5. The van der Waals surface area contributed by atoms with Gasteiger partial charge in [0, 0.05) is 31.6 Å². The van der Waals surface area contributed by atoms with Crippen LogP contribution in [0, 0.1) is 0 Å². The maximum atomic E-state index is 12.1. The van der Waals surface area contributed by atoms with Crippen molar-refractivity contribution < 1.29 is 4.79 Å². The number of aromatic nitrogens is 5. The van der Waals surface area contributed by atoms with Crippen molar-refractivity contribution in [1.29, 1.82) is 0 Å². The monoisotopic (exact) mass is 336 g/mol. The van der Waals surface area contributed by atoms with E-state index in [1.807, 2.05) is 35.0 Å². The number of fused-ring (bicyclic) bond motifs is 2. The molecule has 4 aromatic heterocycles. The molecule has 0 fully saturated rings. The van der Waals surface area contributed by atoms with E-state index < -0.39 is 0 Å². The van der Waals surface area contributed by atoms with Gasteiger partial charge in [-0.2, -0.15) is 0 Å². The Morgan fingerprint density at radius 2 is 1.88 bits per heavy atom. The number of amides is 1. The first-order valence-electron chi connectivity index (χ1n) is 7.94. The molecule has 8 heteroatoms. The van der Waals surface area contributed by atoms with Crippen molar-refractivity contribution in [2.75, 3.05) is 6.54 Å². The lowest BCUT2D eigenvalue weighted by Gasteiger charge is -2.03. The van der Waals surface area contributed by atoms with Crippen LogP contribution in [0.25, 0.3) is 11.3 Å². The Bertz CT molecular complexity index is 1070. The summed E-state index contributed by atoms with van der Waals surface area (Å²) < 4.78 is 4.51. The van der Waals surface area contributed by atoms with Crippen molar-refractivity contribution in [2.24, 2.45) is 0 Å². The first-order valence-corrected chi connectivity index (χ1v) is 7.94. The fourth-order valence-corrected chi connectivity index (χ4v) is 2.70. The molecule has 4 aromatic rings. The molecule has 4 rings (SSSR count). The van der Waals surface area contributed by atoms with E-state index >= 15 is 0 Å². The molecule has 0 saturated heterocycles. The van der Waals surface area contributed by atoms with Gasteiger partial charge in [-0.15, -0.1) is 5.10 Å². The summed E-state index contributed by atoms with van der Waals surface area (Å²) in [5, 5.41) is 6.94. The maximum absolute atomic E-state index is 12.1. The molecule has 0 atom stereocenters. The van der Waals surface area contributed by atoms with Crippen LogP contribution in [0.4, 0.5) is 0 Å². The number of hydrogen-bond acceptors (Lipinski definition) is 4. The third-order valence-corrected chi connectivity index (χ3v) is 3.90. The molecule has 0 aliphatic heterocycles. The largest absolute Gasteiger partial charge is 0.354 e. The Kier molecular flexibility index (Phi) is 3.77. The number of carbonyl (C=O) groups excluding carboxylic acids is 1. The van der Waals surface area contributed by atoms with Crippen LogP contribution in [0.1, 0.15) is 5.69 Å². The Hall–Kier alpha value is -3.42. The number of carbonyl (C=O) groups is 1. The van der Waals surface area contributed by atoms with Crippen LogP contribution >= 0.6 is 0 Å². The minimum atomic E-state index is -0.328. The van der Waals surface area contributed by atoms with Gasteiger partial charge in [0.1, 0.15) is 12.2 Å². The van der Waals surface area contributed by atoms with Crippen molar-refractivity contribution in [3.63, 3.8) is 0 Å². The zero-order chi connectivity index (χ0) is 17.2. The van der Waals surface area contributed by atoms with E-state index in [4.69, 9.17) is 0 Å². The summed E-state index contributed by atoms with van der Waals surface area (Å²) >= 11 is 0. The van der Waals surface area contributed by atoms with E-state index in [2.05, 4.69) is 15.4 Å². The number of nitrogens with one attached hydrogen (secondary N) is 1. The molecule has 25 heavy (non-hydrogen) atoms. The van der Waals surface area contributed by atoms with E-state index in [1.165, 1.54) is 4.40 Å². The highest BCUT2D eigenvalue weighted by molar-refractivity contribution is 5.75. The van der Waals surface area contributed by atoms with Crippen molar-refractivity contribution in [3.8, 4) is 0 Å². The molecule has 1 N–H and O–H groups in total. The first kappa shape index (κ1) is 15.1. The van der Waals surface area contributed by atoms with Crippen molar-refractivity contribution in [1.82, 2.24) is 28.9 Å². The van der Waals surface area contributed by atoms with Crippen LogP contribution in [0.3, 0.4) is 0 Å². The molecule has 126 valence electrons. The number of hydrogen-bond donors (Lipinski definition) is 1. The van der Waals surface area contributed by atoms with Gasteiger partial charge in [-0.3, -0.25) is 9.20 Å². The maximum Gasteiger partial charge on any atom is 0.350 e. The second-order valence-electron chi connectivity index (χ2n) is 5.67. The zero-order valence-corrected chi connectivity index (χ0v) is 13.4. The third-order valence-electron chi connectivity index (χ3n) is 3.90. The van der Waals surface area contributed by atoms with Crippen LogP contribution in [0.2, 0.25) is 0 Å². The zero-order valence-electron chi connectivity index (χ0n) is 13.4. The van der Waals surface area contributed by atoms with Gasteiger partial charge in [0.15, 0.2) is 5.65 Å². The van der Waals surface area contributed by atoms with Gasteiger partial charge in [0.05, 0.1) is 5.69 Å². The smallest absolute Gasteiger partial charge is 0.350 e. The second kappa shape index (κ2) is 6.23. The van der Waals surface area contributed by atoms with Crippen molar-refractivity contribution in [2.45, 2.75) is 13.0 Å². The summed E-state index contributed by atoms with van der Waals surface area (Å²) in [7, 11) is 0. The lowest BCUT2D eigenvalue weighted by Crippen LogP contribution is -2.33. The predicted molar refractivity (Wildman–Crippen MR) is 91.4 cm³/mol. The molecule has 0 aliphatic rings. The van der Waals surface area contributed by atoms with Gasteiger partial charge >= 0.3 is 5.69 Å². The van der Waals surface area contributed by atoms with Gasteiger partial charge in [-0.05, 0) is 24.3 Å². The first-order chi connectivity index (χ1) is 12.2. The van der Waals surface area contributed by atoms with Crippen molar-refractivity contribution in [3.05, 3.63) is 71.2 Å². The summed E-state index contributed by atoms with van der Waals surface area (Å²) in [6.07, 6.45) is 6.12. The van der Waals surface area contributed by atoms with E-state index in [0.717, 1.165) is 16.0 Å². The van der Waals surface area contributed by atoms with Crippen LogP contribution in [-0.4, -0.2) is 36.0 Å². The minimum Gasteiger partial charge on any atom is -0.354 e. The molecule has 0 unspecified atom stereocenters. The number of rotatable bonds is 5. The van der Waals surface area contributed by atoms with Crippen LogP contribution in [0.15, 0.2) is 59.8 Å². The lowest BCUT2D eigenvalue weighted by atomic mass is 10.3. The standard InChI is InChI=1S/C17H16N6O2/c24-16(12-23-17(25)22-10-4-2-6-15(22)20-23)18-8-7-13-11-21-9-3-1-5-14(21)19-13/h1-6,9-11H,7-8,12H2,(H,18,24). The highest BCUT2D eigenvalue weighted by atomic mass is 16.2. The quantitative estimate of drug-likeness (QED) is 0.575. The number of pyridine rings is 2. The summed E-state index contributed by atoms with van der Waals surface area (Å²) in [5.74, 6) is -0.255. The molecule has 8 nitrogen and oxygen atoms in total. The van der Waals surface area contributed by atoms with Crippen LogP contribution < -0.4 is 11.0 Å². The average Bonchev–Trinajstić information content (AvgIpc) is 3.16. The van der Waals surface area contributed by atoms with E-state index in [0.29, 0.717) is 18.6 Å². The van der Waals surface area contributed by atoms with Gasteiger partial charge < -0.3 is 9.72 Å². The Labute approximate surface area is 142 Å². The molecule has 0 aromatic carbocycles. The molecule has 4 heterocycles. The summed E-state index contributed by atoms with van der Waals surface area (Å²) in [4.78, 5) is 28.7. The Balaban J connectivity index is 1.37. The molecule has 1 amide bonds. The van der Waals surface area contributed by atoms with E-state index in [1.54, 1.807) is 24.4 Å². The van der Waals surface area contributed by atoms with Gasteiger partial charge in [0.25, 0.3) is 0 Å². The molecule has 0 saturated carbocycles. The lowest BCUT2D eigenvalue weighted by molar-refractivity contribution is -0.121.